The lowest BCUT2D eigenvalue weighted by Crippen LogP contribution is -2.43. The number of amides is 2. The number of halogens is 1. The van der Waals surface area contributed by atoms with Crippen LogP contribution in [0.1, 0.15) is 6.92 Å². The Bertz CT molecular complexity index is 711. The van der Waals surface area contributed by atoms with Gasteiger partial charge in [-0.15, -0.1) is 0 Å². The maximum Gasteiger partial charge on any atom is 0.243 e. The minimum Gasteiger partial charge on any atom is -0.325 e. The summed E-state index contributed by atoms with van der Waals surface area (Å²) in [5.74, 6) is -0.305. The fourth-order valence-electron chi connectivity index (χ4n) is 1.91. The third kappa shape index (κ3) is 5.29. The highest BCUT2D eigenvalue weighted by atomic mass is 35.5. The third-order valence-corrected chi connectivity index (χ3v) is 3.58. The minimum atomic E-state index is -0.529. The first-order valence-corrected chi connectivity index (χ1v) is 7.67. The van der Waals surface area contributed by atoms with Crippen LogP contribution in [0.3, 0.4) is 0 Å². The van der Waals surface area contributed by atoms with Gasteiger partial charge in [0.15, 0.2) is 0 Å². The number of carbonyl (C=O) groups is 2. The van der Waals surface area contributed by atoms with Crippen molar-refractivity contribution in [3.63, 3.8) is 0 Å². The molecule has 2 rings (SSSR count). The molecule has 24 heavy (non-hydrogen) atoms. The van der Waals surface area contributed by atoms with Crippen LogP contribution in [0.15, 0.2) is 42.7 Å². The van der Waals surface area contributed by atoms with Crippen molar-refractivity contribution in [3.05, 3.63) is 47.7 Å². The van der Waals surface area contributed by atoms with E-state index >= 15 is 0 Å². The Labute approximate surface area is 145 Å². The Balaban J connectivity index is 1.87. The number of hydrogen-bond donors (Lipinski definition) is 2. The standard InChI is InChI=1S/C16H18ClN5O2/c1-11(15(24)21-16-18-7-4-8-19-16)22(2)10-14(23)20-13-6-3-5-12(17)9-13/h3-9,11H,10H2,1-2H3,(H,20,23)(H,18,19,21,24). The fourth-order valence-corrected chi connectivity index (χ4v) is 2.10. The molecule has 1 atom stereocenters. The van der Waals surface area contributed by atoms with Crippen molar-refractivity contribution in [3.8, 4) is 0 Å². The smallest absolute Gasteiger partial charge is 0.243 e. The van der Waals surface area contributed by atoms with Crippen molar-refractivity contribution in [2.75, 3.05) is 24.2 Å². The van der Waals surface area contributed by atoms with Crippen LogP contribution in [-0.2, 0) is 9.59 Å². The van der Waals surface area contributed by atoms with Crippen LogP contribution < -0.4 is 10.6 Å². The molecule has 0 saturated carbocycles. The summed E-state index contributed by atoms with van der Waals surface area (Å²) in [5, 5.41) is 5.88. The SMILES string of the molecule is CC(C(=O)Nc1ncccn1)N(C)CC(=O)Nc1cccc(Cl)c1. The molecule has 0 fully saturated rings. The van der Waals surface area contributed by atoms with Gasteiger partial charge in [-0.25, -0.2) is 9.97 Å². The van der Waals surface area contributed by atoms with E-state index in [0.717, 1.165) is 0 Å². The van der Waals surface area contributed by atoms with Gasteiger partial charge in [-0.2, -0.15) is 0 Å². The molecule has 1 heterocycles. The molecule has 8 heteroatoms. The Morgan fingerprint density at radius 2 is 1.92 bits per heavy atom. The predicted molar refractivity (Wildman–Crippen MR) is 92.8 cm³/mol. The van der Waals surface area contributed by atoms with E-state index in [2.05, 4.69) is 20.6 Å². The summed E-state index contributed by atoms with van der Waals surface area (Å²) in [4.78, 5) is 33.7. The second-order valence-electron chi connectivity index (χ2n) is 5.21. The molecule has 0 aliphatic heterocycles. The van der Waals surface area contributed by atoms with Crippen LogP contribution in [0.25, 0.3) is 0 Å². The predicted octanol–water partition coefficient (Wildman–Crippen LogP) is 2.03. The average Bonchev–Trinajstić information content (AvgIpc) is 2.54. The molecule has 0 bridgehead atoms. The summed E-state index contributed by atoms with van der Waals surface area (Å²) in [6, 6.07) is 8.00. The van der Waals surface area contributed by atoms with Gasteiger partial charge in [-0.05, 0) is 38.2 Å². The van der Waals surface area contributed by atoms with Gasteiger partial charge in [0.25, 0.3) is 0 Å². The zero-order chi connectivity index (χ0) is 17.5. The van der Waals surface area contributed by atoms with Crippen LogP contribution in [0.2, 0.25) is 5.02 Å². The molecule has 7 nitrogen and oxygen atoms in total. The molecule has 0 saturated heterocycles. The first-order valence-electron chi connectivity index (χ1n) is 7.29. The van der Waals surface area contributed by atoms with Crippen molar-refractivity contribution < 1.29 is 9.59 Å². The Kier molecular flexibility index (Phi) is 6.22. The zero-order valence-electron chi connectivity index (χ0n) is 13.4. The molecule has 0 radical (unpaired) electrons. The molecule has 126 valence electrons. The minimum absolute atomic E-state index is 0.0523. The quantitative estimate of drug-likeness (QED) is 0.834. The summed E-state index contributed by atoms with van der Waals surface area (Å²) < 4.78 is 0. The summed E-state index contributed by atoms with van der Waals surface area (Å²) in [7, 11) is 1.69. The lowest BCUT2D eigenvalue weighted by atomic mass is 10.2. The van der Waals surface area contributed by atoms with E-state index < -0.39 is 6.04 Å². The third-order valence-electron chi connectivity index (χ3n) is 3.34. The highest BCUT2D eigenvalue weighted by Gasteiger charge is 2.20. The zero-order valence-corrected chi connectivity index (χ0v) is 14.1. The molecule has 2 amide bonds. The number of hydrogen-bond acceptors (Lipinski definition) is 5. The van der Waals surface area contributed by atoms with E-state index in [1.54, 1.807) is 49.2 Å². The monoisotopic (exact) mass is 347 g/mol. The van der Waals surface area contributed by atoms with Crippen LogP contribution in [0.4, 0.5) is 11.6 Å². The lowest BCUT2D eigenvalue weighted by molar-refractivity contribution is -0.122. The van der Waals surface area contributed by atoms with Gasteiger partial charge in [0.1, 0.15) is 0 Å². The highest BCUT2D eigenvalue weighted by Crippen LogP contribution is 2.14. The second-order valence-corrected chi connectivity index (χ2v) is 5.65. The Morgan fingerprint density at radius 1 is 1.21 bits per heavy atom. The molecule has 0 spiro atoms. The molecule has 1 aromatic carbocycles. The number of anilines is 2. The van der Waals surface area contributed by atoms with Gasteiger partial charge in [0, 0.05) is 23.1 Å². The van der Waals surface area contributed by atoms with Crippen LogP contribution in [-0.4, -0.2) is 46.3 Å². The molecular weight excluding hydrogens is 330 g/mol. The van der Waals surface area contributed by atoms with Crippen molar-refractivity contribution in [2.45, 2.75) is 13.0 Å². The van der Waals surface area contributed by atoms with Crippen molar-refractivity contribution in [2.24, 2.45) is 0 Å². The van der Waals surface area contributed by atoms with Gasteiger partial charge in [-0.1, -0.05) is 17.7 Å². The number of carbonyl (C=O) groups excluding carboxylic acids is 2. The van der Waals surface area contributed by atoms with Crippen LogP contribution in [0.5, 0.6) is 0 Å². The maximum atomic E-state index is 12.2. The summed E-state index contributed by atoms with van der Waals surface area (Å²) in [5.41, 5.74) is 0.607. The average molecular weight is 348 g/mol. The van der Waals surface area contributed by atoms with Crippen molar-refractivity contribution in [1.82, 2.24) is 14.9 Å². The van der Waals surface area contributed by atoms with Gasteiger partial charge < -0.3 is 5.32 Å². The topological polar surface area (TPSA) is 87.2 Å². The van der Waals surface area contributed by atoms with Gasteiger partial charge in [-0.3, -0.25) is 19.8 Å². The first-order chi connectivity index (χ1) is 11.5. The van der Waals surface area contributed by atoms with Crippen molar-refractivity contribution in [1.29, 1.82) is 0 Å². The second kappa shape index (κ2) is 8.37. The van der Waals surface area contributed by atoms with Gasteiger partial charge in [0.2, 0.25) is 17.8 Å². The largest absolute Gasteiger partial charge is 0.325 e. The van der Waals surface area contributed by atoms with Gasteiger partial charge in [0.05, 0.1) is 12.6 Å². The molecular formula is C16H18ClN5O2. The number of benzene rings is 1. The molecule has 1 aromatic heterocycles. The summed E-state index contributed by atoms with van der Waals surface area (Å²) in [6.07, 6.45) is 3.07. The first kappa shape index (κ1) is 17.8. The lowest BCUT2D eigenvalue weighted by Gasteiger charge is -2.22. The van der Waals surface area contributed by atoms with Crippen LogP contribution >= 0.6 is 11.6 Å². The highest BCUT2D eigenvalue weighted by molar-refractivity contribution is 6.30. The summed E-state index contributed by atoms with van der Waals surface area (Å²) in [6.45, 7) is 1.75. The molecule has 0 aliphatic rings. The molecule has 1 unspecified atom stereocenters. The normalized spacial score (nSPS) is 11.8. The van der Waals surface area contributed by atoms with Gasteiger partial charge >= 0.3 is 0 Å². The Hall–Kier alpha value is -2.51. The van der Waals surface area contributed by atoms with E-state index in [9.17, 15) is 9.59 Å². The van der Waals surface area contributed by atoms with E-state index in [1.165, 1.54) is 12.4 Å². The number of likely N-dealkylation sites (N-methyl/N-ethyl adjacent to an activating group) is 1. The number of rotatable bonds is 6. The number of nitrogens with zero attached hydrogens (tertiary/aromatic N) is 3. The molecule has 0 aliphatic carbocycles. The molecule has 2 N–H and O–H groups in total. The van der Waals surface area contributed by atoms with Crippen molar-refractivity contribution >= 4 is 35.1 Å². The fraction of sp³-hybridized carbons (Fsp3) is 0.250. The maximum absolute atomic E-state index is 12.2. The number of nitrogens with one attached hydrogen (secondary N) is 2. The summed E-state index contributed by atoms with van der Waals surface area (Å²) >= 11 is 5.88. The Morgan fingerprint density at radius 3 is 2.58 bits per heavy atom. The van der Waals surface area contributed by atoms with E-state index in [1.807, 2.05) is 0 Å². The van der Waals surface area contributed by atoms with E-state index in [4.69, 9.17) is 11.6 Å². The van der Waals surface area contributed by atoms with E-state index in [0.29, 0.717) is 10.7 Å². The number of aromatic nitrogens is 2. The molecule has 2 aromatic rings. The van der Waals surface area contributed by atoms with E-state index in [-0.39, 0.29) is 24.3 Å². The van der Waals surface area contributed by atoms with Crippen LogP contribution in [0, 0.1) is 0 Å².